The van der Waals surface area contributed by atoms with E-state index in [1.165, 1.54) is 0 Å². The van der Waals surface area contributed by atoms with E-state index in [0.717, 1.165) is 0 Å². The summed E-state index contributed by atoms with van der Waals surface area (Å²) in [6.07, 6.45) is -2.33. The number of rotatable bonds is 0. The summed E-state index contributed by atoms with van der Waals surface area (Å²) in [4.78, 5) is 8.33. The van der Waals surface area contributed by atoms with Crippen molar-refractivity contribution in [1.29, 1.82) is 0 Å². The van der Waals surface area contributed by atoms with Gasteiger partial charge >= 0.3 is 116 Å². The smallest absolute Gasteiger partial charge is 0.652 e. The first kappa shape index (κ1) is 188. The van der Waals surface area contributed by atoms with E-state index in [1.54, 1.807) is 0 Å². The molecule has 0 saturated heterocycles. The molecule has 0 bridgehead atoms. The Labute approximate surface area is 188 Å². The first-order chi connectivity index (χ1) is 1.73. The molecular weight excluding hydrogens is 391 g/mol. The maximum atomic E-state index is 8.33. The van der Waals surface area contributed by atoms with E-state index in [2.05, 4.69) is 0 Å². The molecule has 0 radical (unpaired) electrons. The third-order valence-corrected chi connectivity index (χ3v) is 0. The van der Waals surface area contributed by atoms with Crippen LogP contribution in [0.25, 0.3) is 0 Å². The zero-order valence-electron chi connectivity index (χ0n) is 8.72. The fourth-order valence-electron chi connectivity index (χ4n) is 0. The molecule has 0 rings (SSSR count). The second-order valence-corrected chi connectivity index (χ2v) is 0.250. The molecule has 0 fully saturated rings. The van der Waals surface area contributed by atoms with E-state index in [0.29, 0.717) is 0 Å². The molecule has 0 saturated carbocycles. The maximum Gasteiger partial charge on any atom is 1.00 e. The van der Waals surface area contributed by atoms with Gasteiger partial charge in [0.1, 0.15) is 0 Å². The quantitative estimate of drug-likeness (QED) is 0.375. The van der Waals surface area contributed by atoms with Crippen LogP contribution in [0, 0.1) is 0 Å². The van der Waals surface area contributed by atoms with E-state index in [9.17, 15) is 0 Å². The molecular formula is CH20O13Rb2. The van der Waals surface area contributed by atoms with Crippen molar-refractivity contribution < 1.29 is 186 Å². The Hall–Kier alpha value is 2.48. The summed E-state index contributed by atoms with van der Waals surface area (Å²) in [5.74, 6) is 0. The van der Waals surface area contributed by atoms with Crippen LogP contribution in [0.4, 0.5) is 4.79 Å². The zero-order valence-corrected chi connectivity index (χ0v) is 18.6. The van der Waals surface area contributed by atoms with Gasteiger partial charge in [-0.05, 0) is 6.16 Å². The molecule has 20 N–H and O–H groups in total. The molecule has 0 aliphatic rings. The predicted molar refractivity (Wildman–Crippen MR) is 41.5 cm³/mol. The third kappa shape index (κ3) is 642. The Morgan fingerprint density at radius 2 is 0.500 bits per heavy atom. The van der Waals surface area contributed by atoms with E-state index in [4.69, 9.17) is 15.0 Å². The summed E-state index contributed by atoms with van der Waals surface area (Å²) in [6, 6.07) is 0. The minimum atomic E-state index is -2.33. The van der Waals surface area contributed by atoms with Gasteiger partial charge in [-0.25, -0.2) is 0 Å². The van der Waals surface area contributed by atoms with Crippen LogP contribution in [0.15, 0.2) is 0 Å². The van der Waals surface area contributed by atoms with Gasteiger partial charge in [-0.1, -0.05) is 0 Å². The Morgan fingerprint density at radius 3 is 0.500 bits per heavy atom. The SMILES string of the molecule is O.O.O.O.O.O.O.O.O.O.O=C([O-])[O-].[Rb+].[Rb+]. The number of carboxylic acid groups (broad SMARTS) is 2. The van der Waals surface area contributed by atoms with Crippen LogP contribution in [-0.4, -0.2) is 60.9 Å². The molecule has 0 aromatic heterocycles. The molecule has 0 atom stereocenters. The normalized spacial score (nSPS) is 1.50. The standard InChI is InChI=1S/CH2O3.10H2O.2Rb/c2-1(3)4;;;;;;;;;;;;/h(H2,2,3,4);10*1H2;;/q;;;;;;;;;;;2*+1/p-2. The molecule has 13 nitrogen and oxygen atoms in total. The van der Waals surface area contributed by atoms with Crippen molar-refractivity contribution in [2.24, 2.45) is 0 Å². The molecule has 0 unspecified atom stereocenters. The van der Waals surface area contributed by atoms with Crippen LogP contribution in [-0.2, 0) is 0 Å². The predicted octanol–water partition coefficient (Wildman–Crippen LogP) is -16.7. The van der Waals surface area contributed by atoms with Crippen LogP contribution in [0.1, 0.15) is 0 Å². The molecule has 0 heterocycles. The van der Waals surface area contributed by atoms with Gasteiger partial charge < -0.3 is 69.8 Å². The topological polar surface area (TPSA) is 378 Å². The fraction of sp³-hybridized carbons (Fsp3) is 0. The molecule has 0 amide bonds. The minimum Gasteiger partial charge on any atom is -0.652 e. The van der Waals surface area contributed by atoms with Gasteiger partial charge in [0.15, 0.2) is 0 Å². The number of carbonyl (C=O) groups excluding carboxylic acids is 1. The van der Waals surface area contributed by atoms with Crippen molar-refractivity contribution in [3.05, 3.63) is 0 Å². The maximum absolute atomic E-state index is 8.33. The van der Waals surface area contributed by atoms with Gasteiger partial charge in [-0.15, -0.1) is 0 Å². The van der Waals surface area contributed by atoms with Crippen LogP contribution in [0.2, 0.25) is 0 Å². The van der Waals surface area contributed by atoms with Gasteiger partial charge in [0, 0.05) is 0 Å². The second-order valence-electron chi connectivity index (χ2n) is 0.250. The van der Waals surface area contributed by atoms with E-state index < -0.39 is 6.16 Å². The first-order valence-electron chi connectivity index (χ1n) is 0.612. The molecule has 104 valence electrons. The Balaban J connectivity index is -0.000000000682. The van der Waals surface area contributed by atoms with Crippen LogP contribution in [0.3, 0.4) is 0 Å². The number of hydrogen-bond acceptors (Lipinski definition) is 3. The summed E-state index contributed by atoms with van der Waals surface area (Å²) in [5, 5.41) is 16.7. The Morgan fingerprint density at radius 1 is 0.500 bits per heavy atom. The first-order valence-corrected chi connectivity index (χ1v) is 0.612. The van der Waals surface area contributed by atoms with Crippen molar-refractivity contribution >= 4 is 6.16 Å². The number of carbonyl (C=O) groups is 1. The van der Waals surface area contributed by atoms with Gasteiger partial charge in [-0.2, -0.15) is 0 Å². The van der Waals surface area contributed by atoms with Crippen molar-refractivity contribution in [3.8, 4) is 0 Å². The molecule has 16 heavy (non-hydrogen) atoms. The van der Waals surface area contributed by atoms with Crippen molar-refractivity contribution in [1.82, 2.24) is 0 Å². The third-order valence-electron chi connectivity index (χ3n) is 0. The molecule has 0 aliphatic heterocycles. The molecule has 0 aromatic carbocycles. The van der Waals surface area contributed by atoms with Gasteiger partial charge in [-0.3, -0.25) is 0 Å². The summed E-state index contributed by atoms with van der Waals surface area (Å²) >= 11 is 0. The zero-order chi connectivity index (χ0) is 3.58. The van der Waals surface area contributed by atoms with E-state index in [1.807, 2.05) is 0 Å². The summed E-state index contributed by atoms with van der Waals surface area (Å²) in [6.45, 7) is 0. The van der Waals surface area contributed by atoms with Gasteiger partial charge in [0.05, 0.1) is 0 Å². The van der Waals surface area contributed by atoms with Crippen LogP contribution < -0.4 is 127 Å². The van der Waals surface area contributed by atoms with Crippen molar-refractivity contribution in [3.63, 3.8) is 0 Å². The average Bonchev–Trinajstić information content (AvgIpc) is 0.811. The summed E-state index contributed by atoms with van der Waals surface area (Å²) < 4.78 is 0. The van der Waals surface area contributed by atoms with Gasteiger partial charge in [0.25, 0.3) is 0 Å². The second kappa shape index (κ2) is 158. The summed E-state index contributed by atoms with van der Waals surface area (Å²) in [7, 11) is 0. The molecule has 0 aliphatic carbocycles. The van der Waals surface area contributed by atoms with Crippen molar-refractivity contribution in [2.75, 3.05) is 0 Å². The largest absolute Gasteiger partial charge is 1.00 e. The minimum absolute atomic E-state index is 0. The molecule has 0 aromatic rings. The Bertz CT molecular complexity index is 36.9. The van der Waals surface area contributed by atoms with Crippen LogP contribution in [0.5, 0.6) is 0 Å². The van der Waals surface area contributed by atoms with E-state index >= 15 is 0 Å². The number of hydrogen-bond donors (Lipinski definition) is 0. The van der Waals surface area contributed by atoms with Crippen molar-refractivity contribution in [2.45, 2.75) is 0 Å². The average molecular weight is 411 g/mol. The van der Waals surface area contributed by atoms with Gasteiger partial charge in [0.2, 0.25) is 0 Å². The Kier molecular flexibility index (Phi) is 1860. The summed E-state index contributed by atoms with van der Waals surface area (Å²) in [5.41, 5.74) is 0. The fourth-order valence-corrected chi connectivity index (χ4v) is 0. The van der Waals surface area contributed by atoms with Crippen LogP contribution >= 0.6 is 0 Å². The monoisotopic (exact) mass is 410 g/mol. The molecule has 0 spiro atoms. The van der Waals surface area contributed by atoms with E-state index in [-0.39, 0.29) is 171 Å². The molecule has 15 heteroatoms.